The largest absolute Gasteiger partial charge is 0.478 e. The van der Waals surface area contributed by atoms with Gasteiger partial charge in [-0.3, -0.25) is 4.79 Å². The molecule has 3 N–H and O–H groups in total. The van der Waals surface area contributed by atoms with Crippen LogP contribution in [0.25, 0.3) is 5.57 Å². The topological polar surface area (TPSA) is 86.6 Å². The van der Waals surface area contributed by atoms with Crippen LogP contribution in [0.1, 0.15) is 122 Å². The molecule has 7 unspecified atom stereocenters. The summed E-state index contributed by atoms with van der Waals surface area (Å²) in [6.45, 7) is 18.3. The van der Waals surface area contributed by atoms with Crippen molar-refractivity contribution in [2.45, 2.75) is 106 Å². The van der Waals surface area contributed by atoms with E-state index < -0.39 is 5.97 Å². The lowest BCUT2D eigenvalue weighted by atomic mass is 9.32. The summed E-state index contributed by atoms with van der Waals surface area (Å²) in [7, 11) is 0. The first-order valence-electron chi connectivity index (χ1n) is 17.3. The predicted molar refractivity (Wildman–Crippen MR) is 178 cm³/mol. The SMILES string of the molecule is C=CC.CC1(C)C(c2ccc(C(=O)O)cc2)=CCC2(C)C1CCC1(C)C2CCC2C3CCCC3(C(=O)NCCO)CC[C@]21C. The zero-order valence-electron chi connectivity index (χ0n) is 28.2. The fraction of sp³-hybridized carbons (Fsp3) is 0.692. The molecule has 0 aliphatic heterocycles. The maximum absolute atomic E-state index is 13.6. The number of amides is 1. The van der Waals surface area contributed by atoms with Crippen molar-refractivity contribution in [3.05, 3.63) is 54.1 Å². The third-order valence-electron chi connectivity index (χ3n) is 14.2. The highest BCUT2D eigenvalue weighted by Gasteiger charge is 2.70. The molecule has 5 aliphatic carbocycles. The highest BCUT2D eigenvalue weighted by molar-refractivity contribution is 5.88. The van der Waals surface area contributed by atoms with E-state index >= 15 is 0 Å². The fourth-order valence-corrected chi connectivity index (χ4v) is 12.2. The third kappa shape index (κ3) is 4.74. The number of carbonyl (C=O) groups is 2. The maximum atomic E-state index is 13.6. The summed E-state index contributed by atoms with van der Waals surface area (Å²) in [5.74, 6) is 1.62. The average Bonchev–Trinajstić information content (AvgIpc) is 3.42. The number of aliphatic hydroxyl groups is 1. The summed E-state index contributed by atoms with van der Waals surface area (Å²) in [5, 5.41) is 21.9. The normalized spacial score (nSPS) is 40.0. The lowest BCUT2D eigenvalue weighted by Gasteiger charge is -2.72. The van der Waals surface area contributed by atoms with Crippen molar-refractivity contribution in [1.82, 2.24) is 5.32 Å². The van der Waals surface area contributed by atoms with Gasteiger partial charge < -0.3 is 15.5 Å². The molecule has 0 spiro atoms. The first kappa shape index (κ1) is 33.0. The molecule has 242 valence electrons. The zero-order valence-corrected chi connectivity index (χ0v) is 28.2. The van der Waals surface area contributed by atoms with Gasteiger partial charge in [-0.2, -0.15) is 0 Å². The standard InChI is InChI=1S/C36H51NO4.C3H6/c1-32(2)25(23-8-10-24(11-9-23)30(39)40)14-17-33(3)28(32)15-18-35(5)29(33)13-12-26-27-7-6-16-36(27,20-19-34(26,35)4)31(41)37-21-22-38;1-3-2/h8-11,14,26-29,38H,6-7,12-13,15-22H2,1-5H3,(H,37,41)(H,39,40);3H,1H2,2H3/t26?,27?,28?,29?,33?,34-,35?,36?;/m1./s1. The van der Waals surface area contributed by atoms with Gasteiger partial charge >= 0.3 is 5.97 Å². The molecular weight excluding hydrogens is 546 g/mol. The number of hydrogen-bond donors (Lipinski definition) is 3. The Morgan fingerprint density at radius 2 is 1.59 bits per heavy atom. The van der Waals surface area contributed by atoms with Crippen molar-refractivity contribution >= 4 is 17.4 Å². The second kappa shape index (κ2) is 11.8. The molecule has 5 aliphatic rings. The van der Waals surface area contributed by atoms with E-state index in [2.05, 4.69) is 52.6 Å². The van der Waals surface area contributed by atoms with E-state index in [0.717, 1.165) is 37.7 Å². The summed E-state index contributed by atoms with van der Waals surface area (Å²) in [6.07, 6.45) is 15.7. The maximum Gasteiger partial charge on any atom is 0.335 e. The molecule has 0 aromatic heterocycles. The fourth-order valence-electron chi connectivity index (χ4n) is 12.2. The molecule has 4 fully saturated rings. The van der Waals surface area contributed by atoms with Gasteiger partial charge in [0.2, 0.25) is 5.91 Å². The first-order chi connectivity index (χ1) is 20.8. The summed E-state index contributed by atoms with van der Waals surface area (Å²) < 4.78 is 0. The molecule has 1 amide bonds. The van der Waals surface area contributed by atoms with E-state index in [0.29, 0.717) is 35.8 Å². The van der Waals surface area contributed by atoms with Crippen LogP contribution in [0, 0.1) is 50.7 Å². The summed E-state index contributed by atoms with van der Waals surface area (Å²) >= 11 is 0. The summed E-state index contributed by atoms with van der Waals surface area (Å²) in [4.78, 5) is 25.0. The van der Waals surface area contributed by atoms with Crippen molar-refractivity contribution in [2.24, 2.45) is 50.7 Å². The lowest BCUT2D eigenvalue weighted by molar-refractivity contribution is -0.222. The third-order valence-corrected chi connectivity index (χ3v) is 14.2. The molecule has 5 nitrogen and oxygen atoms in total. The van der Waals surface area contributed by atoms with E-state index in [9.17, 15) is 19.8 Å². The number of carboxylic acid groups (broad SMARTS) is 1. The van der Waals surface area contributed by atoms with Gasteiger partial charge in [0, 0.05) is 6.54 Å². The highest BCUT2D eigenvalue weighted by atomic mass is 16.4. The van der Waals surface area contributed by atoms with Crippen LogP contribution >= 0.6 is 0 Å². The van der Waals surface area contributed by atoms with Crippen molar-refractivity contribution in [2.75, 3.05) is 13.2 Å². The van der Waals surface area contributed by atoms with Crippen LogP contribution in [0.2, 0.25) is 0 Å². The number of fused-ring (bicyclic) bond motifs is 7. The number of hydrogen-bond acceptors (Lipinski definition) is 3. The van der Waals surface area contributed by atoms with Gasteiger partial charge in [0.15, 0.2) is 0 Å². The highest BCUT2D eigenvalue weighted by Crippen LogP contribution is 2.77. The van der Waals surface area contributed by atoms with Crippen LogP contribution in [-0.4, -0.2) is 35.2 Å². The van der Waals surface area contributed by atoms with E-state index in [1.807, 2.05) is 19.1 Å². The van der Waals surface area contributed by atoms with Crippen molar-refractivity contribution in [3.8, 4) is 0 Å². The van der Waals surface area contributed by atoms with E-state index in [1.165, 1.54) is 37.7 Å². The second-order valence-electron chi connectivity index (χ2n) is 16.1. The first-order valence-corrected chi connectivity index (χ1v) is 17.3. The zero-order chi connectivity index (χ0) is 32.1. The summed E-state index contributed by atoms with van der Waals surface area (Å²) in [6, 6.07) is 7.51. The quantitative estimate of drug-likeness (QED) is 0.294. The van der Waals surface area contributed by atoms with Gasteiger partial charge in [-0.25, -0.2) is 4.79 Å². The summed E-state index contributed by atoms with van der Waals surface area (Å²) in [5.41, 5.74) is 3.37. The van der Waals surface area contributed by atoms with Gasteiger partial charge in [0.05, 0.1) is 17.6 Å². The Labute approximate surface area is 266 Å². The number of aromatic carboxylic acids is 1. The Balaban J connectivity index is 0.00000123. The number of carboxylic acids is 1. The van der Waals surface area contributed by atoms with Crippen LogP contribution < -0.4 is 5.32 Å². The Morgan fingerprint density at radius 1 is 0.909 bits per heavy atom. The molecule has 8 atom stereocenters. The lowest BCUT2D eigenvalue weighted by Crippen LogP contribution is -2.65. The van der Waals surface area contributed by atoms with Crippen molar-refractivity contribution in [3.63, 3.8) is 0 Å². The molecule has 0 heterocycles. The molecule has 44 heavy (non-hydrogen) atoms. The van der Waals surface area contributed by atoms with Crippen LogP contribution in [0.15, 0.2) is 43.0 Å². The molecule has 0 bridgehead atoms. The average molecular weight is 604 g/mol. The van der Waals surface area contributed by atoms with Gasteiger partial charge in [0.25, 0.3) is 0 Å². The second-order valence-corrected chi connectivity index (χ2v) is 16.1. The van der Waals surface area contributed by atoms with Crippen LogP contribution in [0.5, 0.6) is 0 Å². The Bertz CT molecular complexity index is 1300. The molecule has 1 aromatic rings. The Morgan fingerprint density at radius 3 is 2.23 bits per heavy atom. The molecular formula is C39H57NO4. The molecule has 0 radical (unpaired) electrons. The van der Waals surface area contributed by atoms with Gasteiger partial charge in [-0.05, 0) is 133 Å². The number of carbonyl (C=O) groups excluding carboxylic acids is 1. The molecule has 4 saturated carbocycles. The minimum absolute atomic E-state index is 0.00723. The van der Waals surface area contributed by atoms with E-state index in [1.54, 1.807) is 18.2 Å². The number of aliphatic hydroxyl groups excluding tert-OH is 1. The molecule has 5 heteroatoms. The number of nitrogens with one attached hydrogen (secondary N) is 1. The van der Waals surface area contributed by atoms with Gasteiger partial charge in [-0.15, -0.1) is 6.58 Å². The number of allylic oxidation sites excluding steroid dienone is 3. The van der Waals surface area contributed by atoms with Gasteiger partial charge in [0.1, 0.15) is 0 Å². The van der Waals surface area contributed by atoms with Crippen molar-refractivity contribution < 1.29 is 19.8 Å². The van der Waals surface area contributed by atoms with Crippen LogP contribution in [0.3, 0.4) is 0 Å². The van der Waals surface area contributed by atoms with Crippen molar-refractivity contribution in [1.29, 1.82) is 0 Å². The van der Waals surface area contributed by atoms with Gasteiger partial charge in [-0.1, -0.05) is 65.3 Å². The molecule has 6 rings (SSSR count). The minimum atomic E-state index is -0.875. The monoisotopic (exact) mass is 603 g/mol. The van der Waals surface area contributed by atoms with Crippen LogP contribution in [0.4, 0.5) is 0 Å². The van der Waals surface area contributed by atoms with E-state index in [-0.39, 0.29) is 39.6 Å². The predicted octanol–water partition coefficient (Wildman–Crippen LogP) is 8.53. The minimum Gasteiger partial charge on any atom is -0.478 e. The van der Waals surface area contributed by atoms with Crippen LogP contribution in [-0.2, 0) is 4.79 Å². The Kier molecular flexibility index (Phi) is 8.81. The van der Waals surface area contributed by atoms with E-state index in [4.69, 9.17) is 0 Å². The smallest absolute Gasteiger partial charge is 0.335 e. The molecule has 1 aromatic carbocycles. The number of rotatable bonds is 5. The number of benzene rings is 1. The Hall–Kier alpha value is -2.40. The molecule has 0 saturated heterocycles.